The summed E-state index contributed by atoms with van der Waals surface area (Å²) >= 11 is 0. The van der Waals surface area contributed by atoms with Crippen LogP contribution in [-0.2, 0) is 17.8 Å². The van der Waals surface area contributed by atoms with E-state index in [1.54, 1.807) is 0 Å². The maximum atomic E-state index is 11.7. The van der Waals surface area contributed by atoms with Crippen molar-refractivity contribution in [3.05, 3.63) is 35.4 Å². The first kappa shape index (κ1) is 18.5. The van der Waals surface area contributed by atoms with Gasteiger partial charge in [-0.25, -0.2) is 4.79 Å². The summed E-state index contributed by atoms with van der Waals surface area (Å²) < 4.78 is 5.42. The van der Waals surface area contributed by atoms with Crippen LogP contribution in [0.4, 0.5) is 4.79 Å². The van der Waals surface area contributed by atoms with Crippen molar-refractivity contribution in [2.75, 3.05) is 27.2 Å². The molecule has 1 rings (SSSR count). The van der Waals surface area contributed by atoms with Crippen molar-refractivity contribution in [3.63, 3.8) is 0 Å². The highest BCUT2D eigenvalue weighted by Gasteiger charge is 2.01. The molecule has 2 N–H and O–H groups in total. The number of urea groups is 1. The van der Waals surface area contributed by atoms with Gasteiger partial charge in [0.2, 0.25) is 0 Å². The molecule has 124 valence electrons. The number of carbonyl (C=O) groups excluding carboxylic acids is 1. The Morgan fingerprint density at radius 2 is 1.77 bits per heavy atom. The van der Waals surface area contributed by atoms with Gasteiger partial charge >= 0.3 is 6.03 Å². The quantitative estimate of drug-likeness (QED) is 0.689. The van der Waals surface area contributed by atoms with Gasteiger partial charge in [0.25, 0.3) is 0 Å². The summed E-state index contributed by atoms with van der Waals surface area (Å²) in [4.78, 5) is 13.8. The van der Waals surface area contributed by atoms with Gasteiger partial charge in [0.05, 0.1) is 6.10 Å². The van der Waals surface area contributed by atoms with Gasteiger partial charge < -0.3 is 20.3 Å². The van der Waals surface area contributed by atoms with Gasteiger partial charge in [-0.1, -0.05) is 24.3 Å². The number of hydrogen-bond donors (Lipinski definition) is 2. The zero-order chi connectivity index (χ0) is 16.4. The van der Waals surface area contributed by atoms with E-state index in [1.165, 1.54) is 5.56 Å². The SMILES string of the molecule is CC(C)OCCCNC(=O)NCc1ccc(CN(C)C)cc1. The minimum absolute atomic E-state index is 0.137. The third-order valence-corrected chi connectivity index (χ3v) is 3.03. The molecule has 0 aliphatic carbocycles. The van der Waals surface area contributed by atoms with Crippen LogP contribution in [0.5, 0.6) is 0 Å². The lowest BCUT2D eigenvalue weighted by molar-refractivity contribution is 0.0774. The number of hydrogen-bond acceptors (Lipinski definition) is 3. The van der Waals surface area contributed by atoms with Gasteiger partial charge in [0.1, 0.15) is 0 Å². The Hall–Kier alpha value is -1.59. The number of rotatable bonds is 9. The van der Waals surface area contributed by atoms with Crippen LogP contribution in [0.1, 0.15) is 31.4 Å². The monoisotopic (exact) mass is 307 g/mol. The van der Waals surface area contributed by atoms with Crippen molar-refractivity contribution in [3.8, 4) is 0 Å². The van der Waals surface area contributed by atoms with E-state index in [-0.39, 0.29) is 12.1 Å². The fraction of sp³-hybridized carbons (Fsp3) is 0.588. The third-order valence-electron chi connectivity index (χ3n) is 3.03. The van der Waals surface area contributed by atoms with Gasteiger partial charge in [-0.2, -0.15) is 0 Å². The fourth-order valence-electron chi connectivity index (χ4n) is 1.97. The van der Waals surface area contributed by atoms with Crippen LogP contribution in [0.2, 0.25) is 0 Å². The molecule has 0 spiro atoms. The van der Waals surface area contributed by atoms with E-state index in [4.69, 9.17) is 4.74 Å². The number of benzene rings is 1. The highest BCUT2D eigenvalue weighted by atomic mass is 16.5. The standard InChI is InChI=1S/C17H29N3O2/c1-14(2)22-11-5-10-18-17(21)19-12-15-6-8-16(9-7-15)13-20(3)4/h6-9,14H,5,10-13H2,1-4H3,(H2,18,19,21). The lowest BCUT2D eigenvalue weighted by atomic mass is 10.1. The topological polar surface area (TPSA) is 53.6 Å². The molecule has 22 heavy (non-hydrogen) atoms. The van der Waals surface area contributed by atoms with Gasteiger partial charge in [0, 0.05) is 26.2 Å². The van der Waals surface area contributed by atoms with Crippen molar-refractivity contribution in [2.24, 2.45) is 0 Å². The zero-order valence-corrected chi connectivity index (χ0v) is 14.2. The number of nitrogens with zero attached hydrogens (tertiary/aromatic N) is 1. The molecule has 5 heteroatoms. The average Bonchev–Trinajstić information content (AvgIpc) is 2.45. The van der Waals surface area contributed by atoms with Crippen LogP contribution in [0, 0.1) is 0 Å². The molecular formula is C17H29N3O2. The minimum atomic E-state index is -0.137. The highest BCUT2D eigenvalue weighted by Crippen LogP contribution is 2.05. The number of ether oxygens (including phenoxy) is 1. The van der Waals surface area contributed by atoms with Gasteiger partial charge in [0.15, 0.2) is 0 Å². The molecule has 0 unspecified atom stereocenters. The van der Waals surface area contributed by atoms with Crippen LogP contribution < -0.4 is 10.6 Å². The van der Waals surface area contributed by atoms with Crippen LogP contribution in [0.3, 0.4) is 0 Å². The van der Waals surface area contributed by atoms with E-state index in [1.807, 2.05) is 27.9 Å². The second-order valence-electron chi connectivity index (χ2n) is 5.94. The van der Waals surface area contributed by atoms with Crippen molar-refractivity contribution >= 4 is 6.03 Å². The van der Waals surface area contributed by atoms with Crippen LogP contribution in [-0.4, -0.2) is 44.3 Å². The van der Waals surface area contributed by atoms with Crippen molar-refractivity contribution in [1.29, 1.82) is 0 Å². The number of nitrogens with one attached hydrogen (secondary N) is 2. The van der Waals surface area contributed by atoms with E-state index < -0.39 is 0 Å². The van der Waals surface area contributed by atoms with Crippen LogP contribution in [0.25, 0.3) is 0 Å². The average molecular weight is 307 g/mol. The molecule has 0 heterocycles. The molecule has 0 aromatic heterocycles. The predicted molar refractivity (Wildman–Crippen MR) is 89.8 cm³/mol. The van der Waals surface area contributed by atoms with E-state index in [0.29, 0.717) is 19.7 Å². The molecule has 5 nitrogen and oxygen atoms in total. The Morgan fingerprint density at radius 1 is 1.14 bits per heavy atom. The molecule has 0 fully saturated rings. The first-order valence-corrected chi connectivity index (χ1v) is 7.83. The summed E-state index contributed by atoms with van der Waals surface area (Å²) in [5, 5.41) is 5.68. The molecule has 0 aliphatic rings. The first-order chi connectivity index (χ1) is 10.5. The molecule has 0 saturated heterocycles. The van der Waals surface area contributed by atoms with Gasteiger partial charge in [-0.15, -0.1) is 0 Å². The van der Waals surface area contributed by atoms with Crippen molar-refractivity contribution in [2.45, 2.75) is 39.5 Å². The Kier molecular flexibility index (Phi) is 8.55. The Labute approximate surface area is 134 Å². The zero-order valence-electron chi connectivity index (χ0n) is 14.2. The molecule has 0 atom stereocenters. The van der Waals surface area contributed by atoms with E-state index in [9.17, 15) is 4.79 Å². The van der Waals surface area contributed by atoms with Gasteiger partial charge in [-0.05, 0) is 45.5 Å². The molecule has 2 amide bonds. The molecule has 0 aliphatic heterocycles. The predicted octanol–water partition coefficient (Wildman–Crippen LogP) is 2.36. The highest BCUT2D eigenvalue weighted by molar-refractivity contribution is 5.73. The van der Waals surface area contributed by atoms with E-state index in [2.05, 4.69) is 39.8 Å². The lowest BCUT2D eigenvalue weighted by Gasteiger charge is -2.11. The molecule has 1 aromatic carbocycles. The number of amides is 2. The maximum absolute atomic E-state index is 11.7. The summed E-state index contributed by atoms with van der Waals surface area (Å²) in [6, 6.07) is 8.16. The molecule has 0 bridgehead atoms. The molecular weight excluding hydrogens is 278 g/mol. The Bertz CT molecular complexity index is 430. The summed E-state index contributed by atoms with van der Waals surface area (Å²) in [6.45, 7) is 6.77. The Morgan fingerprint density at radius 3 is 2.36 bits per heavy atom. The van der Waals surface area contributed by atoms with Gasteiger partial charge in [-0.3, -0.25) is 0 Å². The van der Waals surface area contributed by atoms with Crippen LogP contribution in [0.15, 0.2) is 24.3 Å². The first-order valence-electron chi connectivity index (χ1n) is 7.83. The fourth-order valence-corrected chi connectivity index (χ4v) is 1.97. The minimum Gasteiger partial charge on any atom is -0.379 e. The third kappa shape index (κ3) is 8.64. The lowest BCUT2D eigenvalue weighted by Crippen LogP contribution is -2.35. The second kappa shape index (κ2) is 10.2. The van der Waals surface area contributed by atoms with Crippen molar-refractivity contribution < 1.29 is 9.53 Å². The summed E-state index contributed by atoms with van der Waals surface area (Å²) in [5.74, 6) is 0. The van der Waals surface area contributed by atoms with Crippen LogP contribution >= 0.6 is 0 Å². The Balaban J connectivity index is 2.18. The number of carbonyl (C=O) groups is 1. The summed E-state index contributed by atoms with van der Waals surface area (Å²) in [6.07, 6.45) is 1.06. The maximum Gasteiger partial charge on any atom is 0.315 e. The molecule has 1 aromatic rings. The van der Waals surface area contributed by atoms with E-state index in [0.717, 1.165) is 18.5 Å². The normalized spacial score (nSPS) is 11.0. The molecule has 0 radical (unpaired) electrons. The summed E-state index contributed by atoms with van der Waals surface area (Å²) in [7, 11) is 4.10. The summed E-state index contributed by atoms with van der Waals surface area (Å²) in [5.41, 5.74) is 2.36. The van der Waals surface area contributed by atoms with E-state index >= 15 is 0 Å². The molecule has 0 saturated carbocycles. The smallest absolute Gasteiger partial charge is 0.315 e. The van der Waals surface area contributed by atoms with Crippen molar-refractivity contribution in [1.82, 2.24) is 15.5 Å². The largest absolute Gasteiger partial charge is 0.379 e. The second-order valence-corrected chi connectivity index (χ2v) is 5.94.